The summed E-state index contributed by atoms with van der Waals surface area (Å²) in [6.45, 7) is 9.89. The number of amides is 2. The Morgan fingerprint density at radius 3 is 2.38 bits per heavy atom. The normalized spacial score (nSPS) is 22.1. The molecule has 1 fully saturated rings. The van der Waals surface area contributed by atoms with Crippen LogP contribution in [0.4, 0.5) is 10.5 Å². The van der Waals surface area contributed by atoms with Crippen LogP contribution in [0, 0.1) is 5.41 Å². The van der Waals surface area contributed by atoms with Crippen LogP contribution in [0.1, 0.15) is 111 Å². The van der Waals surface area contributed by atoms with Crippen LogP contribution in [0.15, 0.2) is 18.2 Å². The fraction of sp³-hybridized carbons (Fsp3) is 0.581. The zero-order valence-corrected chi connectivity index (χ0v) is 23.9. The third-order valence-electron chi connectivity index (χ3n) is 8.22. The van der Waals surface area contributed by atoms with Gasteiger partial charge in [-0.3, -0.25) is 9.59 Å². The van der Waals surface area contributed by atoms with Crippen LogP contribution in [0.3, 0.4) is 0 Å². The van der Waals surface area contributed by atoms with E-state index >= 15 is 0 Å². The zero-order chi connectivity index (χ0) is 28.1. The number of Topliss-reactive ketones (excluding diaryl/α,β-unsaturated/α-hetero) is 1. The van der Waals surface area contributed by atoms with E-state index in [1.807, 2.05) is 32.9 Å². The van der Waals surface area contributed by atoms with Gasteiger partial charge in [0, 0.05) is 46.8 Å². The number of hydrogen-bond donors (Lipinski definition) is 3. The summed E-state index contributed by atoms with van der Waals surface area (Å²) in [6.07, 6.45) is 7.32. The van der Waals surface area contributed by atoms with E-state index in [-0.39, 0.29) is 29.4 Å². The lowest BCUT2D eigenvalue weighted by Gasteiger charge is -2.32. The molecule has 4 N–H and O–H groups in total. The SMILES string of the molecule is CC1(C)CC(=O)c2c3c(n(-c4ccc(C(N)=O)c(NC5CCC(NC(=O)OC(C)(C)C)CC5)c4)c2C1)CCC3. The van der Waals surface area contributed by atoms with Crippen molar-refractivity contribution in [2.75, 3.05) is 5.32 Å². The molecule has 8 nitrogen and oxygen atoms in total. The van der Waals surface area contributed by atoms with Crippen LogP contribution in [0.5, 0.6) is 0 Å². The highest BCUT2D eigenvalue weighted by Gasteiger charge is 2.39. The Balaban J connectivity index is 1.38. The molecule has 210 valence electrons. The van der Waals surface area contributed by atoms with Gasteiger partial charge in [0.2, 0.25) is 0 Å². The number of ether oxygens (including phenoxy) is 1. The van der Waals surface area contributed by atoms with E-state index in [2.05, 4.69) is 29.0 Å². The Bertz CT molecular complexity index is 1310. The van der Waals surface area contributed by atoms with Crippen molar-refractivity contribution in [3.8, 4) is 5.69 Å². The van der Waals surface area contributed by atoms with Crippen molar-refractivity contribution in [2.45, 2.75) is 110 Å². The van der Waals surface area contributed by atoms with Gasteiger partial charge in [-0.25, -0.2) is 4.79 Å². The monoisotopic (exact) mass is 534 g/mol. The standard InChI is InChI=1S/C31H42N4O4/c1-30(2,3)39-29(38)34-19-11-9-18(10-12-19)33-23-15-20(13-14-21(23)28(32)37)35-24-8-6-7-22(24)27-25(35)16-31(4,5)17-26(27)36/h13-15,18-19,33H,6-12,16-17H2,1-5H3,(H2,32,37)(H,34,38). The van der Waals surface area contributed by atoms with Crippen LogP contribution in [-0.2, 0) is 24.0 Å². The van der Waals surface area contributed by atoms with E-state index < -0.39 is 11.5 Å². The average Bonchev–Trinajstić information content (AvgIpc) is 3.38. The third kappa shape index (κ3) is 5.70. The minimum atomic E-state index is -0.527. The molecule has 2 amide bonds. The lowest BCUT2D eigenvalue weighted by Crippen LogP contribution is -2.42. The van der Waals surface area contributed by atoms with E-state index in [4.69, 9.17) is 10.5 Å². The molecule has 5 rings (SSSR count). The number of benzene rings is 1. The highest BCUT2D eigenvalue weighted by Crippen LogP contribution is 2.43. The molecule has 0 unspecified atom stereocenters. The van der Waals surface area contributed by atoms with Gasteiger partial charge in [-0.1, -0.05) is 13.8 Å². The molecule has 0 bridgehead atoms. The van der Waals surface area contributed by atoms with Gasteiger partial charge in [0.15, 0.2) is 5.78 Å². The van der Waals surface area contributed by atoms with Crippen molar-refractivity contribution in [3.05, 3.63) is 46.3 Å². The molecule has 8 heteroatoms. The predicted molar refractivity (Wildman–Crippen MR) is 152 cm³/mol. The lowest BCUT2D eigenvalue weighted by molar-refractivity contribution is 0.0491. The highest BCUT2D eigenvalue weighted by atomic mass is 16.6. The minimum absolute atomic E-state index is 0.0646. The number of carbonyl (C=O) groups excluding carboxylic acids is 3. The van der Waals surface area contributed by atoms with Gasteiger partial charge in [-0.2, -0.15) is 0 Å². The maximum absolute atomic E-state index is 13.2. The topological polar surface area (TPSA) is 115 Å². The Morgan fingerprint density at radius 1 is 1.03 bits per heavy atom. The Kier molecular flexibility index (Phi) is 7.02. The van der Waals surface area contributed by atoms with E-state index in [1.165, 1.54) is 11.3 Å². The van der Waals surface area contributed by atoms with Crippen molar-refractivity contribution >= 4 is 23.5 Å². The average molecular weight is 535 g/mol. The third-order valence-corrected chi connectivity index (χ3v) is 8.22. The van der Waals surface area contributed by atoms with Crippen molar-refractivity contribution in [3.63, 3.8) is 0 Å². The second kappa shape index (κ2) is 10.0. The molecular weight excluding hydrogens is 492 g/mol. The molecular formula is C31H42N4O4. The summed E-state index contributed by atoms with van der Waals surface area (Å²) in [5.74, 6) is -0.220. The molecule has 0 atom stereocenters. The quantitative estimate of drug-likeness (QED) is 0.471. The molecule has 0 saturated heterocycles. The number of nitrogens with one attached hydrogen (secondary N) is 2. The number of aromatic nitrogens is 1. The second-order valence-corrected chi connectivity index (χ2v) is 13.3. The number of nitrogens with zero attached hydrogens (tertiary/aromatic N) is 1. The molecule has 3 aliphatic rings. The van der Waals surface area contributed by atoms with Crippen LogP contribution in [0.2, 0.25) is 0 Å². The van der Waals surface area contributed by atoms with Gasteiger partial charge in [-0.15, -0.1) is 0 Å². The summed E-state index contributed by atoms with van der Waals surface area (Å²) >= 11 is 0. The van der Waals surface area contributed by atoms with Crippen LogP contribution < -0.4 is 16.4 Å². The Hall–Kier alpha value is -3.29. The summed E-state index contributed by atoms with van der Waals surface area (Å²) < 4.78 is 7.69. The summed E-state index contributed by atoms with van der Waals surface area (Å²) in [5.41, 5.74) is 11.8. The molecule has 39 heavy (non-hydrogen) atoms. The fourth-order valence-electron chi connectivity index (χ4n) is 6.62. The number of nitrogens with two attached hydrogens (primary N) is 1. The molecule has 0 aliphatic heterocycles. The highest BCUT2D eigenvalue weighted by molar-refractivity contribution is 6.01. The number of rotatable bonds is 5. The van der Waals surface area contributed by atoms with Gasteiger partial charge >= 0.3 is 6.09 Å². The Labute approximate surface area is 231 Å². The van der Waals surface area contributed by atoms with Gasteiger partial charge in [0.25, 0.3) is 5.91 Å². The number of fused-ring (bicyclic) bond motifs is 3. The van der Waals surface area contributed by atoms with Crippen LogP contribution in [-0.4, -0.2) is 40.0 Å². The first-order chi connectivity index (χ1) is 18.3. The Morgan fingerprint density at radius 2 is 1.72 bits per heavy atom. The van der Waals surface area contributed by atoms with E-state index in [0.29, 0.717) is 12.0 Å². The summed E-state index contributed by atoms with van der Waals surface area (Å²) in [7, 11) is 0. The van der Waals surface area contributed by atoms with Crippen LogP contribution in [0.25, 0.3) is 5.69 Å². The van der Waals surface area contributed by atoms with Gasteiger partial charge in [0.05, 0.1) is 5.56 Å². The maximum atomic E-state index is 13.2. The predicted octanol–water partition coefficient (Wildman–Crippen LogP) is 5.47. The number of alkyl carbamates (subject to hydrolysis) is 1. The molecule has 3 aliphatic carbocycles. The second-order valence-electron chi connectivity index (χ2n) is 13.3. The number of carbonyl (C=O) groups is 3. The van der Waals surface area contributed by atoms with Gasteiger partial charge in [-0.05, 0) is 101 Å². The minimum Gasteiger partial charge on any atom is -0.444 e. The van der Waals surface area contributed by atoms with Crippen molar-refractivity contribution in [1.82, 2.24) is 9.88 Å². The van der Waals surface area contributed by atoms with Crippen molar-refractivity contribution < 1.29 is 19.1 Å². The first-order valence-corrected chi connectivity index (χ1v) is 14.3. The summed E-state index contributed by atoms with van der Waals surface area (Å²) in [6, 6.07) is 6.00. The lowest BCUT2D eigenvalue weighted by atomic mass is 9.75. The maximum Gasteiger partial charge on any atom is 0.407 e. The molecule has 1 saturated carbocycles. The fourth-order valence-corrected chi connectivity index (χ4v) is 6.62. The van der Waals surface area contributed by atoms with E-state index in [0.717, 1.165) is 74.0 Å². The molecule has 1 aromatic heterocycles. The zero-order valence-electron chi connectivity index (χ0n) is 23.9. The first-order valence-electron chi connectivity index (χ1n) is 14.3. The smallest absolute Gasteiger partial charge is 0.407 e. The van der Waals surface area contributed by atoms with E-state index in [9.17, 15) is 14.4 Å². The molecule has 1 aromatic carbocycles. The van der Waals surface area contributed by atoms with Crippen LogP contribution >= 0.6 is 0 Å². The number of anilines is 1. The number of hydrogen-bond acceptors (Lipinski definition) is 5. The molecule has 2 aromatic rings. The number of primary amides is 1. The van der Waals surface area contributed by atoms with E-state index in [1.54, 1.807) is 6.07 Å². The summed E-state index contributed by atoms with van der Waals surface area (Å²) in [5, 5.41) is 6.58. The number of ketones is 1. The summed E-state index contributed by atoms with van der Waals surface area (Å²) in [4.78, 5) is 37.8. The largest absolute Gasteiger partial charge is 0.444 e. The first kappa shape index (κ1) is 27.3. The molecule has 0 spiro atoms. The van der Waals surface area contributed by atoms with Gasteiger partial charge in [0.1, 0.15) is 5.60 Å². The van der Waals surface area contributed by atoms with Crippen molar-refractivity contribution in [1.29, 1.82) is 0 Å². The van der Waals surface area contributed by atoms with Crippen molar-refractivity contribution in [2.24, 2.45) is 11.1 Å². The molecule has 1 heterocycles. The molecule has 0 radical (unpaired) electrons. The van der Waals surface area contributed by atoms with Gasteiger partial charge < -0.3 is 25.7 Å².